The molecule has 0 spiro atoms. The number of hydrogen-bond donors (Lipinski definition) is 0. The Morgan fingerprint density at radius 2 is 1.84 bits per heavy atom. The summed E-state index contributed by atoms with van der Waals surface area (Å²) in [5.41, 5.74) is 4.24. The SMILES string of the molecule is CC(=O)OC1CC2=C(CCC3(C)C(C(C)CCCC(C)C)CCC23C)C2(C)CC=CCC12. The molecule has 180 valence electrons. The van der Waals surface area contributed by atoms with E-state index in [-0.39, 0.29) is 22.9 Å². The molecule has 0 saturated heterocycles. The van der Waals surface area contributed by atoms with Crippen molar-refractivity contribution in [2.75, 3.05) is 0 Å². The fraction of sp³-hybridized carbons (Fsp3) is 0.833. The molecule has 4 aliphatic rings. The summed E-state index contributed by atoms with van der Waals surface area (Å²) < 4.78 is 6.04. The zero-order chi connectivity index (χ0) is 23.3. The van der Waals surface area contributed by atoms with Crippen LogP contribution in [0, 0.1) is 39.9 Å². The van der Waals surface area contributed by atoms with Gasteiger partial charge in [0.15, 0.2) is 0 Å². The number of rotatable bonds is 6. The van der Waals surface area contributed by atoms with Crippen LogP contribution in [0.1, 0.15) is 113 Å². The third kappa shape index (κ3) is 3.72. The first-order valence-electron chi connectivity index (χ1n) is 13.6. The molecular weight excluding hydrogens is 392 g/mol. The van der Waals surface area contributed by atoms with Crippen molar-refractivity contribution < 1.29 is 9.53 Å². The minimum absolute atomic E-state index is 0.0443. The van der Waals surface area contributed by atoms with Crippen LogP contribution in [0.4, 0.5) is 0 Å². The van der Waals surface area contributed by atoms with E-state index in [1.165, 1.54) is 44.9 Å². The lowest BCUT2D eigenvalue weighted by atomic mass is 9.46. The van der Waals surface area contributed by atoms with Gasteiger partial charge in [-0.3, -0.25) is 4.79 Å². The number of ether oxygens (including phenoxy) is 1. The Hall–Kier alpha value is -1.05. The van der Waals surface area contributed by atoms with Gasteiger partial charge in [-0.1, -0.05) is 84.1 Å². The van der Waals surface area contributed by atoms with Gasteiger partial charge in [0.1, 0.15) is 6.10 Å². The molecule has 2 nitrogen and oxygen atoms in total. The highest BCUT2D eigenvalue weighted by Gasteiger charge is 2.62. The second-order valence-corrected chi connectivity index (χ2v) is 12.9. The minimum Gasteiger partial charge on any atom is -0.462 e. The van der Waals surface area contributed by atoms with Crippen molar-refractivity contribution in [3.8, 4) is 0 Å². The summed E-state index contributed by atoms with van der Waals surface area (Å²) >= 11 is 0. The van der Waals surface area contributed by atoms with Crippen LogP contribution in [-0.4, -0.2) is 12.1 Å². The van der Waals surface area contributed by atoms with E-state index < -0.39 is 0 Å². The summed E-state index contributed by atoms with van der Waals surface area (Å²) in [6.07, 6.45) is 17.3. The second-order valence-electron chi connectivity index (χ2n) is 12.9. The Kier molecular flexibility index (Phi) is 6.49. The lowest BCUT2D eigenvalue weighted by Gasteiger charge is -2.59. The molecule has 2 heteroatoms. The Balaban J connectivity index is 1.66. The first-order valence-corrected chi connectivity index (χ1v) is 13.6. The van der Waals surface area contributed by atoms with Crippen LogP contribution in [0.15, 0.2) is 23.3 Å². The van der Waals surface area contributed by atoms with Gasteiger partial charge in [-0.15, -0.1) is 0 Å². The summed E-state index contributed by atoms with van der Waals surface area (Å²) in [5.74, 6) is 2.76. The molecule has 0 aromatic heterocycles. The Bertz CT molecular complexity index is 791. The third-order valence-corrected chi connectivity index (χ3v) is 10.9. The Morgan fingerprint density at radius 1 is 1.09 bits per heavy atom. The van der Waals surface area contributed by atoms with Gasteiger partial charge < -0.3 is 4.74 Å². The second kappa shape index (κ2) is 8.62. The molecule has 32 heavy (non-hydrogen) atoms. The molecule has 0 N–H and O–H groups in total. The van der Waals surface area contributed by atoms with Crippen molar-refractivity contribution in [1.29, 1.82) is 0 Å². The summed E-state index contributed by atoms with van der Waals surface area (Å²) in [6, 6.07) is 0. The highest BCUT2D eigenvalue weighted by Crippen LogP contribution is 2.71. The molecular formula is C30H48O2. The van der Waals surface area contributed by atoms with E-state index in [9.17, 15) is 4.79 Å². The van der Waals surface area contributed by atoms with Gasteiger partial charge in [0, 0.05) is 19.3 Å². The van der Waals surface area contributed by atoms with Crippen LogP contribution < -0.4 is 0 Å². The number of carbonyl (C=O) groups excluding carboxylic acids is 1. The number of esters is 1. The largest absolute Gasteiger partial charge is 0.462 e. The zero-order valence-electron chi connectivity index (χ0n) is 21.9. The number of allylic oxidation sites excluding steroid dienone is 3. The molecule has 7 atom stereocenters. The van der Waals surface area contributed by atoms with E-state index in [0.717, 1.165) is 37.0 Å². The average Bonchev–Trinajstić information content (AvgIpc) is 2.99. The predicted octanol–water partition coefficient (Wildman–Crippen LogP) is 8.27. The molecule has 0 radical (unpaired) electrons. The van der Waals surface area contributed by atoms with E-state index in [4.69, 9.17) is 4.74 Å². The Labute approximate surface area is 197 Å². The van der Waals surface area contributed by atoms with Crippen molar-refractivity contribution in [1.82, 2.24) is 0 Å². The van der Waals surface area contributed by atoms with Gasteiger partial charge in [0.05, 0.1) is 0 Å². The van der Waals surface area contributed by atoms with E-state index in [1.54, 1.807) is 18.1 Å². The molecule has 1 fully saturated rings. The molecule has 0 aromatic rings. The maximum Gasteiger partial charge on any atom is 0.302 e. The molecule has 0 aliphatic heterocycles. The normalized spacial score (nSPS) is 41.8. The van der Waals surface area contributed by atoms with Crippen molar-refractivity contribution >= 4 is 5.97 Å². The maximum atomic E-state index is 12.1. The summed E-state index contributed by atoms with van der Waals surface area (Å²) in [6.45, 7) is 16.5. The predicted molar refractivity (Wildman–Crippen MR) is 133 cm³/mol. The van der Waals surface area contributed by atoms with Crippen LogP contribution in [0.2, 0.25) is 0 Å². The van der Waals surface area contributed by atoms with E-state index in [2.05, 4.69) is 53.7 Å². The van der Waals surface area contributed by atoms with Gasteiger partial charge in [-0.25, -0.2) is 0 Å². The average molecular weight is 441 g/mol. The first-order chi connectivity index (χ1) is 15.0. The van der Waals surface area contributed by atoms with Crippen LogP contribution >= 0.6 is 0 Å². The van der Waals surface area contributed by atoms with Gasteiger partial charge in [-0.2, -0.15) is 0 Å². The highest BCUT2D eigenvalue weighted by molar-refractivity contribution is 5.66. The first kappa shape index (κ1) is 24.1. The highest BCUT2D eigenvalue weighted by atomic mass is 16.5. The fourth-order valence-corrected chi connectivity index (χ4v) is 8.80. The smallest absolute Gasteiger partial charge is 0.302 e. The van der Waals surface area contributed by atoms with Crippen LogP contribution in [0.3, 0.4) is 0 Å². The van der Waals surface area contributed by atoms with E-state index >= 15 is 0 Å². The van der Waals surface area contributed by atoms with Gasteiger partial charge >= 0.3 is 5.97 Å². The number of hydrogen-bond acceptors (Lipinski definition) is 2. The monoisotopic (exact) mass is 440 g/mol. The minimum atomic E-state index is -0.109. The molecule has 0 aromatic carbocycles. The maximum absolute atomic E-state index is 12.1. The number of carbonyl (C=O) groups is 1. The van der Waals surface area contributed by atoms with Crippen LogP contribution in [0.25, 0.3) is 0 Å². The van der Waals surface area contributed by atoms with Crippen molar-refractivity contribution in [2.24, 2.45) is 39.9 Å². The third-order valence-electron chi connectivity index (χ3n) is 10.9. The molecule has 0 heterocycles. The van der Waals surface area contributed by atoms with E-state index in [1.807, 2.05) is 0 Å². The number of fused-ring (bicyclic) bond motifs is 4. The molecule has 1 saturated carbocycles. The molecule has 7 unspecified atom stereocenters. The molecule has 0 amide bonds. The van der Waals surface area contributed by atoms with Gasteiger partial charge in [-0.05, 0) is 72.5 Å². The quantitative estimate of drug-likeness (QED) is 0.307. The summed E-state index contributed by atoms with van der Waals surface area (Å²) in [5, 5.41) is 0. The van der Waals surface area contributed by atoms with Crippen molar-refractivity contribution in [3.63, 3.8) is 0 Å². The van der Waals surface area contributed by atoms with Crippen molar-refractivity contribution in [2.45, 2.75) is 119 Å². The van der Waals surface area contributed by atoms with E-state index in [0.29, 0.717) is 11.3 Å². The topological polar surface area (TPSA) is 26.3 Å². The molecule has 4 rings (SSSR count). The zero-order valence-corrected chi connectivity index (χ0v) is 21.9. The Morgan fingerprint density at radius 3 is 2.53 bits per heavy atom. The van der Waals surface area contributed by atoms with Crippen LogP contribution in [-0.2, 0) is 9.53 Å². The molecule has 0 bridgehead atoms. The standard InChI is InChI=1S/C30H48O2/c1-20(2)11-10-12-21(3)23-14-17-30(7)26-19-27(32-22(4)31)25-13-8-9-16-28(25,5)24(26)15-18-29(23,30)6/h8-9,20-21,23,25,27H,10-19H2,1-7H3. The summed E-state index contributed by atoms with van der Waals surface area (Å²) in [7, 11) is 0. The fourth-order valence-electron chi connectivity index (χ4n) is 8.80. The van der Waals surface area contributed by atoms with Gasteiger partial charge in [0.2, 0.25) is 0 Å². The van der Waals surface area contributed by atoms with Gasteiger partial charge in [0.25, 0.3) is 0 Å². The van der Waals surface area contributed by atoms with Crippen molar-refractivity contribution in [3.05, 3.63) is 23.3 Å². The lowest BCUT2D eigenvalue weighted by molar-refractivity contribution is -0.153. The summed E-state index contributed by atoms with van der Waals surface area (Å²) in [4.78, 5) is 12.1. The van der Waals surface area contributed by atoms with Crippen LogP contribution in [0.5, 0.6) is 0 Å². The lowest BCUT2D eigenvalue weighted by Crippen LogP contribution is -2.52. The molecule has 4 aliphatic carbocycles.